The van der Waals surface area contributed by atoms with E-state index in [2.05, 4.69) is 29.0 Å². The Morgan fingerprint density at radius 3 is 2.74 bits per heavy atom. The van der Waals surface area contributed by atoms with Crippen LogP contribution < -0.4 is 5.49 Å². The van der Waals surface area contributed by atoms with Crippen LogP contribution >= 0.6 is 0 Å². The lowest BCUT2D eigenvalue weighted by molar-refractivity contribution is 0.853. The van der Waals surface area contributed by atoms with E-state index < -0.39 is 0 Å². The zero-order valence-electron chi connectivity index (χ0n) is 11.3. The minimum atomic E-state index is 0.479. The van der Waals surface area contributed by atoms with Crippen molar-refractivity contribution in [1.82, 2.24) is 14.5 Å². The lowest BCUT2D eigenvalue weighted by Gasteiger charge is -2.12. The lowest BCUT2D eigenvalue weighted by Crippen LogP contribution is -2.22. The van der Waals surface area contributed by atoms with Crippen molar-refractivity contribution in [1.29, 1.82) is 5.41 Å². The molecule has 96 valence electrons. The lowest BCUT2D eigenvalue weighted by atomic mass is 10.2. The zero-order valence-corrected chi connectivity index (χ0v) is 11.3. The molecule has 0 saturated carbocycles. The fourth-order valence-electron chi connectivity index (χ4n) is 2.46. The van der Waals surface area contributed by atoms with E-state index in [1.165, 1.54) is 5.56 Å². The molecule has 0 radical (unpaired) electrons. The van der Waals surface area contributed by atoms with Crippen molar-refractivity contribution in [2.24, 2.45) is 0 Å². The van der Waals surface area contributed by atoms with E-state index in [-0.39, 0.29) is 0 Å². The Balaban J connectivity index is 2.41. The Hall–Kier alpha value is -2.36. The summed E-state index contributed by atoms with van der Waals surface area (Å²) < 4.78 is 1.89. The van der Waals surface area contributed by atoms with Crippen LogP contribution in [0.5, 0.6) is 0 Å². The molecule has 0 aliphatic heterocycles. The van der Waals surface area contributed by atoms with Crippen LogP contribution in [0, 0.1) is 26.2 Å². The van der Waals surface area contributed by atoms with E-state index in [1.807, 2.05) is 36.7 Å². The van der Waals surface area contributed by atoms with Crippen LogP contribution in [0.4, 0.5) is 0 Å². The Labute approximate surface area is 111 Å². The number of fused-ring (bicyclic) bond motifs is 1. The van der Waals surface area contributed by atoms with Gasteiger partial charge in [-0.15, -0.1) is 0 Å². The van der Waals surface area contributed by atoms with E-state index >= 15 is 0 Å². The smallest absolute Gasteiger partial charge is 0.143 e. The quantitative estimate of drug-likeness (QED) is 0.687. The van der Waals surface area contributed by atoms with E-state index in [0.717, 1.165) is 28.1 Å². The summed E-state index contributed by atoms with van der Waals surface area (Å²) in [5.41, 5.74) is 4.47. The first kappa shape index (κ1) is 11.7. The number of aromatic nitrogens is 3. The summed E-state index contributed by atoms with van der Waals surface area (Å²) in [6, 6.07) is 8.13. The van der Waals surface area contributed by atoms with Crippen molar-refractivity contribution in [3.05, 3.63) is 52.9 Å². The first-order valence-electron chi connectivity index (χ1n) is 6.27. The molecule has 0 saturated heterocycles. The van der Waals surface area contributed by atoms with Crippen LogP contribution in [0.2, 0.25) is 0 Å². The van der Waals surface area contributed by atoms with Crippen molar-refractivity contribution in [2.75, 3.05) is 0 Å². The first-order valence-corrected chi connectivity index (χ1v) is 6.27. The van der Waals surface area contributed by atoms with E-state index in [4.69, 9.17) is 5.41 Å². The zero-order chi connectivity index (χ0) is 13.6. The number of nitrogens with one attached hydrogen (secondary N) is 2. The maximum absolute atomic E-state index is 8.45. The van der Waals surface area contributed by atoms with Gasteiger partial charge in [0.1, 0.15) is 17.0 Å². The Morgan fingerprint density at radius 2 is 2.00 bits per heavy atom. The van der Waals surface area contributed by atoms with Crippen molar-refractivity contribution in [3.8, 4) is 5.69 Å². The molecule has 0 atom stereocenters. The molecule has 0 fully saturated rings. The first-order chi connectivity index (χ1) is 9.08. The molecule has 0 aliphatic carbocycles. The average molecular weight is 252 g/mol. The predicted octanol–water partition coefficient (Wildman–Crippen LogP) is 2.76. The fourth-order valence-corrected chi connectivity index (χ4v) is 2.46. The van der Waals surface area contributed by atoms with Crippen molar-refractivity contribution in [3.63, 3.8) is 0 Å². The van der Waals surface area contributed by atoms with Gasteiger partial charge in [-0.25, -0.2) is 4.98 Å². The molecule has 2 N–H and O–H groups in total. The maximum Gasteiger partial charge on any atom is 0.143 e. The molecule has 2 aromatic heterocycles. The SMILES string of the molecule is Cc1cccc(-n2c(C)nc3[nH]cc(C)c3c2=N)c1. The standard InChI is InChI=1S/C15H16N4/c1-9-5-4-6-12(7-9)19-11(3)18-15-13(14(19)16)10(2)8-17-15/h4-8,16-17H,1-3H3. The van der Waals surface area contributed by atoms with E-state index in [1.54, 1.807) is 0 Å². The normalized spacial score (nSPS) is 11.1. The van der Waals surface area contributed by atoms with Gasteiger partial charge in [0, 0.05) is 11.9 Å². The van der Waals surface area contributed by atoms with Gasteiger partial charge < -0.3 is 4.98 Å². The third-order valence-corrected chi connectivity index (χ3v) is 3.37. The number of hydrogen-bond acceptors (Lipinski definition) is 2. The van der Waals surface area contributed by atoms with Crippen LogP contribution in [0.15, 0.2) is 30.5 Å². The van der Waals surface area contributed by atoms with Gasteiger partial charge in [0.2, 0.25) is 0 Å². The van der Waals surface area contributed by atoms with Gasteiger partial charge >= 0.3 is 0 Å². The molecular formula is C15H16N4. The number of H-pyrrole nitrogens is 1. The molecule has 0 aliphatic rings. The third kappa shape index (κ3) is 1.76. The summed E-state index contributed by atoms with van der Waals surface area (Å²) in [6.07, 6.45) is 1.90. The second-order valence-electron chi connectivity index (χ2n) is 4.88. The third-order valence-electron chi connectivity index (χ3n) is 3.37. The Bertz CT molecular complexity index is 824. The summed E-state index contributed by atoms with van der Waals surface area (Å²) in [5.74, 6) is 0.810. The van der Waals surface area contributed by atoms with Gasteiger partial charge in [-0.05, 0) is 44.0 Å². The minimum Gasteiger partial charge on any atom is -0.346 e. The van der Waals surface area contributed by atoms with Crippen molar-refractivity contribution >= 4 is 11.0 Å². The number of aromatic amines is 1. The number of nitrogens with zero attached hydrogens (tertiary/aromatic N) is 2. The summed E-state index contributed by atoms with van der Waals surface area (Å²) >= 11 is 0. The number of benzene rings is 1. The second kappa shape index (κ2) is 4.09. The average Bonchev–Trinajstić information content (AvgIpc) is 2.71. The van der Waals surface area contributed by atoms with Gasteiger partial charge in [0.25, 0.3) is 0 Å². The molecule has 1 aromatic carbocycles. The van der Waals surface area contributed by atoms with Gasteiger partial charge in [0.15, 0.2) is 0 Å². The fraction of sp³-hybridized carbons (Fsp3) is 0.200. The Morgan fingerprint density at radius 1 is 1.21 bits per heavy atom. The van der Waals surface area contributed by atoms with Crippen LogP contribution in [0.1, 0.15) is 17.0 Å². The highest BCUT2D eigenvalue weighted by molar-refractivity contribution is 5.78. The monoisotopic (exact) mass is 252 g/mol. The number of aryl methyl sites for hydroxylation is 3. The van der Waals surface area contributed by atoms with Crippen molar-refractivity contribution < 1.29 is 0 Å². The highest BCUT2D eigenvalue weighted by atomic mass is 15.1. The summed E-state index contributed by atoms with van der Waals surface area (Å²) in [4.78, 5) is 7.67. The summed E-state index contributed by atoms with van der Waals surface area (Å²) in [7, 11) is 0. The molecule has 3 rings (SSSR count). The highest BCUT2D eigenvalue weighted by Gasteiger charge is 2.10. The van der Waals surface area contributed by atoms with Crippen LogP contribution in [0.25, 0.3) is 16.7 Å². The van der Waals surface area contributed by atoms with E-state index in [9.17, 15) is 0 Å². The molecule has 4 heteroatoms. The Kier molecular flexibility index (Phi) is 2.52. The minimum absolute atomic E-state index is 0.479. The van der Waals surface area contributed by atoms with E-state index in [0.29, 0.717) is 5.49 Å². The van der Waals surface area contributed by atoms with Gasteiger partial charge in [-0.2, -0.15) is 0 Å². The van der Waals surface area contributed by atoms with Gasteiger partial charge in [-0.1, -0.05) is 12.1 Å². The second-order valence-corrected chi connectivity index (χ2v) is 4.88. The molecular weight excluding hydrogens is 236 g/mol. The molecule has 19 heavy (non-hydrogen) atoms. The molecule has 0 spiro atoms. The molecule has 4 nitrogen and oxygen atoms in total. The van der Waals surface area contributed by atoms with Crippen LogP contribution in [-0.2, 0) is 0 Å². The predicted molar refractivity (Wildman–Crippen MR) is 75.5 cm³/mol. The largest absolute Gasteiger partial charge is 0.346 e. The van der Waals surface area contributed by atoms with Gasteiger partial charge in [-0.3, -0.25) is 9.98 Å². The number of rotatable bonds is 1. The van der Waals surface area contributed by atoms with Crippen LogP contribution in [-0.4, -0.2) is 14.5 Å². The summed E-state index contributed by atoms with van der Waals surface area (Å²) in [5, 5.41) is 9.33. The topological polar surface area (TPSA) is 57.5 Å². The van der Waals surface area contributed by atoms with Crippen LogP contribution in [0.3, 0.4) is 0 Å². The molecule has 0 bridgehead atoms. The highest BCUT2D eigenvalue weighted by Crippen LogP contribution is 2.15. The van der Waals surface area contributed by atoms with Gasteiger partial charge in [0.05, 0.1) is 5.39 Å². The molecule has 2 heterocycles. The molecule has 0 unspecified atom stereocenters. The van der Waals surface area contributed by atoms with Crippen molar-refractivity contribution in [2.45, 2.75) is 20.8 Å². The number of hydrogen-bond donors (Lipinski definition) is 2. The summed E-state index contributed by atoms with van der Waals surface area (Å²) in [6.45, 7) is 5.97. The molecule has 3 aromatic rings. The molecule has 0 amide bonds. The maximum atomic E-state index is 8.45.